The van der Waals surface area contributed by atoms with Gasteiger partial charge in [0.1, 0.15) is 11.2 Å². The second-order valence-corrected chi connectivity index (χ2v) is 5.15. The van der Waals surface area contributed by atoms with Crippen LogP contribution < -0.4 is 5.32 Å². The molecule has 3 heterocycles. The van der Waals surface area contributed by atoms with E-state index in [4.69, 9.17) is 4.74 Å². The number of aromatic nitrogens is 4. The Kier molecular flexibility index (Phi) is 2.82. The zero-order valence-electron chi connectivity index (χ0n) is 11.2. The van der Waals surface area contributed by atoms with Crippen LogP contribution in [0.4, 0.5) is 5.82 Å². The molecule has 2 unspecified atom stereocenters. The average Bonchev–Trinajstić information content (AvgIpc) is 2.97. The number of aryl methyl sites for hydroxylation is 1. The van der Waals surface area contributed by atoms with Gasteiger partial charge in [0.25, 0.3) is 0 Å². The number of carboxylic acid groups (broad SMARTS) is 1. The van der Waals surface area contributed by atoms with Crippen LogP contribution in [-0.2, 0) is 9.53 Å². The molecule has 1 fully saturated rings. The fraction of sp³-hybridized carbons (Fsp3) is 0.500. The van der Waals surface area contributed by atoms with Gasteiger partial charge in [0.05, 0.1) is 19.3 Å². The monoisotopic (exact) mass is 277 g/mol. The maximum Gasteiger partial charge on any atom is 0.313 e. The Morgan fingerprint density at radius 2 is 2.40 bits per heavy atom. The number of nitrogens with zero attached hydrogens (tertiary/aromatic N) is 4. The van der Waals surface area contributed by atoms with E-state index >= 15 is 0 Å². The summed E-state index contributed by atoms with van der Waals surface area (Å²) >= 11 is 0. The van der Waals surface area contributed by atoms with E-state index in [1.807, 2.05) is 6.92 Å². The summed E-state index contributed by atoms with van der Waals surface area (Å²) in [6, 6.07) is -0.365. The molecule has 0 aromatic carbocycles. The lowest BCUT2D eigenvalue weighted by Gasteiger charge is -2.25. The lowest BCUT2D eigenvalue weighted by Crippen LogP contribution is -2.43. The van der Waals surface area contributed by atoms with Gasteiger partial charge in [-0.3, -0.25) is 9.20 Å². The molecule has 8 nitrogen and oxygen atoms in total. The van der Waals surface area contributed by atoms with Crippen LogP contribution in [0.3, 0.4) is 0 Å². The first-order chi connectivity index (χ1) is 9.52. The van der Waals surface area contributed by atoms with E-state index in [-0.39, 0.29) is 12.6 Å². The van der Waals surface area contributed by atoms with Gasteiger partial charge in [-0.05, 0) is 13.8 Å². The highest BCUT2D eigenvalue weighted by Gasteiger charge is 2.47. The van der Waals surface area contributed by atoms with Crippen molar-refractivity contribution < 1.29 is 14.6 Å². The number of fused-ring (bicyclic) bond motifs is 1. The minimum Gasteiger partial charge on any atom is -0.481 e. The van der Waals surface area contributed by atoms with Gasteiger partial charge in [-0.2, -0.15) is 0 Å². The predicted molar refractivity (Wildman–Crippen MR) is 69.5 cm³/mol. The van der Waals surface area contributed by atoms with E-state index in [9.17, 15) is 9.90 Å². The Morgan fingerprint density at radius 3 is 3.15 bits per heavy atom. The zero-order valence-corrected chi connectivity index (χ0v) is 11.2. The summed E-state index contributed by atoms with van der Waals surface area (Å²) < 4.78 is 7.10. The molecule has 1 aliphatic rings. The summed E-state index contributed by atoms with van der Waals surface area (Å²) in [5, 5.41) is 20.5. The van der Waals surface area contributed by atoms with Crippen LogP contribution in [-0.4, -0.2) is 49.9 Å². The highest BCUT2D eigenvalue weighted by atomic mass is 16.5. The van der Waals surface area contributed by atoms with Gasteiger partial charge >= 0.3 is 5.97 Å². The molecule has 0 radical (unpaired) electrons. The van der Waals surface area contributed by atoms with Crippen molar-refractivity contribution in [3.63, 3.8) is 0 Å². The highest BCUT2D eigenvalue weighted by Crippen LogP contribution is 2.31. The molecule has 2 atom stereocenters. The molecule has 0 saturated carbocycles. The lowest BCUT2D eigenvalue weighted by molar-refractivity contribution is -0.148. The highest BCUT2D eigenvalue weighted by molar-refractivity contribution is 5.77. The Morgan fingerprint density at radius 1 is 1.60 bits per heavy atom. The molecule has 0 bridgehead atoms. The summed E-state index contributed by atoms with van der Waals surface area (Å²) in [4.78, 5) is 15.6. The molecule has 0 amide bonds. The first-order valence-corrected chi connectivity index (χ1v) is 6.26. The summed E-state index contributed by atoms with van der Waals surface area (Å²) in [5.74, 6) is 0.363. The van der Waals surface area contributed by atoms with Gasteiger partial charge in [0, 0.05) is 12.4 Å². The fourth-order valence-corrected chi connectivity index (χ4v) is 2.29. The Bertz CT molecular complexity index is 670. The summed E-state index contributed by atoms with van der Waals surface area (Å²) in [6.07, 6.45) is 3.39. The third-order valence-electron chi connectivity index (χ3n) is 3.75. The number of anilines is 1. The van der Waals surface area contributed by atoms with Crippen LogP contribution in [0.2, 0.25) is 0 Å². The van der Waals surface area contributed by atoms with Crippen molar-refractivity contribution >= 4 is 17.4 Å². The number of ether oxygens (including phenoxy) is 1. The van der Waals surface area contributed by atoms with Crippen molar-refractivity contribution in [3.05, 3.63) is 18.2 Å². The maximum absolute atomic E-state index is 11.4. The van der Waals surface area contributed by atoms with Crippen molar-refractivity contribution in [1.82, 2.24) is 19.6 Å². The summed E-state index contributed by atoms with van der Waals surface area (Å²) in [7, 11) is 0. The molecule has 20 heavy (non-hydrogen) atoms. The molecule has 106 valence electrons. The Balaban J connectivity index is 1.95. The van der Waals surface area contributed by atoms with Crippen molar-refractivity contribution in [3.8, 4) is 0 Å². The van der Waals surface area contributed by atoms with Gasteiger partial charge in [-0.15, -0.1) is 10.2 Å². The van der Waals surface area contributed by atoms with Gasteiger partial charge in [0.15, 0.2) is 5.82 Å². The molecule has 2 N–H and O–H groups in total. The van der Waals surface area contributed by atoms with Crippen LogP contribution >= 0.6 is 0 Å². The van der Waals surface area contributed by atoms with Gasteiger partial charge in [0.2, 0.25) is 5.65 Å². The van der Waals surface area contributed by atoms with E-state index in [0.29, 0.717) is 18.1 Å². The summed E-state index contributed by atoms with van der Waals surface area (Å²) in [6.45, 7) is 3.99. The third kappa shape index (κ3) is 1.80. The molecule has 1 saturated heterocycles. The van der Waals surface area contributed by atoms with Crippen LogP contribution in [0.1, 0.15) is 12.7 Å². The van der Waals surface area contributed by atoms with Crippen molar-refractivity contribution in [2.24, 2.45) is 5.41 Å². The number of hydrogen-bond acceptors (Lipinski definition) is 6. The smallest absolute Gasteiger partial charge is 0.313 e. The van der Waals surface area contributed by atoms with Crippen LogP contribution in [0.25, 0.3) is 5.65 Å². The lowest BCUT2D eigenvalue weighted by atomic mass is 9.85. The summed E-state index contributed by atoms with van der Waals surface area (Å²) in [5.41, 5.74) is -0.409. The largest absolute Gasteiger partial charge is 0.481 e. The molecule has 0 spiro atoms. The molecule has 2 aromatic heterocycles. The third-order valence-corrected chi connectivity index (χ3v) is 3.75. The topological polar surface area (TPSA) is 102 Å². The van der Waals surface area contributed by atoms with E-state index in [2.05, 4.69) is 20.5 Å². The van der Waals surface area contributed by atoms with E-state index < -0.39 is 11.4 Å². The van der Waals surface area contributed by atoms with E-state index in [1.165, 1.54) is 0 Å². The number of nitrogens with one attached hydrogen (secondary N) is 1. The van der Waals surface area contributed by atoms with E-state index in [0.717, 1.165) is 5.82 Å². The first kappa shape index (κ1) is 12.8. The SMILES string of the molecule is Cc1nnc2c(NC3COCC3(C)C(=O)O)nccn12. The van der Waals surface area contributed by atoms with Gasteiger partial charge < -0.3 is 15.2 Å². The van der Waals surface area contributed by atoms with Crippen LogP contribution in [0, 0.1) is 12.3 Å². The molecule has 8 heteroatoms. The molecular formula is C12H15N5O3. The minimum atomic E-state index is -0.983. The normalized spacial score (nSPS) is 26.0. The minimum absolute atomic E-state index is 0.175. The maximum atomic E-state index is 11.4. The number of carbonyl (C=O) groups is 1. The average molecular weight is 277 g/mol. The molecule has 0 aliphatic carbocycles. The zero-order chi connectivity index (χ0) is 14.3. The van der Waals surface area contributed by atoms with Gasteiger partial charge in [-0.25, -0.2) is 4.98 Å². The molecule has 2 aromatic rings. The molecule has 1 aliphatic heterocycles. The molecule has 3 rings (SSSR count). The number of rotatable bonds is 3. The van der Waals surface area contributed by atoms with Gasteiger partial charge in [-0.1, -0.05) is 0 Å². The Labute approximate surface area is 114 Å². The molecular weight excluding hydrogens is 262 g/mol. The quantitative estimate of drug-likeness (QED) is 0.833. The Hall–Kier alpha value is -2.22. The number of aliphatic carboxylic acids is 1. The number of hydrogen-bond donors (Lipinski definition) is 2. The van der Waals surface area contributed by atoms with Crippen molar-refractivity contribution in [1.29, 1.82) is 0 Å². The standard InChI is InChI=1S/C12H15N5O3/c1-7-15-16-10-9(13-3-4-17(7)10)14-8-5-20-6-12(8,2)11(18)19/h3-4,8H,5-6H2,1-2H3,(H,13,14)(H,18,19). The van der Waals surface area contributed by atoms with E-state index in [1.54, 1.807) is 23.7 Å². The predicted octanol–water partition coefficient (Wildman–Crippen LogP) is 0.334. The van der Waals surface area contributed by atoms with Crippen molar-refractivity contribution in [2.45, 2.75) is 19.9 Å². The second-order valence-electron chi connectivity index (χ2n) is 5.15. The number of carboxylic acids is 1. The van der Waals surface area contributed by atoms with Crippen LogP contribution in [0.5, 0.6) is 0 Å². The fourth-order valence-electron chi connectivity index (χ4n) is 2.29. The second kappa shape index (κ2) is 4.41. The van der Waals surface area contributed by atoms with Crippen LogP contribution in [0.15, 0.2) is 12.4 Å². The first-order valence-electron chi connectivity index (χ1n) is 6.26. The van der Waals surface area contributed by atoms with Crippen molar-refractivity contribution in [2.75, 3.05) is 18.5 Å².